The van der Waals surface area contributed by atoms with Crippen molar-refractivity contribution in [2.45, 2.75) is 52.5 Å². The van der Waals surface area contributed by atoms with Gasteiger partial charge >= 0.3 is 0 Å². The largest absolute Gasteiger partial charge is 0.399 e. The summed E-state index contributed by atoms with van der Waals surface area (Å²) in [7, 11) is 0. The van der Waals surface area contributed by atoms with Gasteiger partial charge in [0.25, 0.3) is 0 Å². The fourth-order valence-corrected chi connectivity index (χ4v) is 3.59. The molecule has 3 heteroatoms. The number of nitrogens with zero attached hydrogens (tertiary/aromatic N) is 2. The van der Waals surface area contributed by atoms with Crippen LogP contribution in [0.2, 0.25) is 0 Å². The van der Waals surface area contributed by atoms with Crippen molar-refractivity contribution in [2.75, 3.05) is 5.73 Å². The first-order valence-corrected chi connectivity index (χ1v) is 7.76. The van der Waals surface area contributed by atoms with Gasteiger partial charge in [0.15, 0.2) is 0 Å². The van der Waals surface area contributed by atoms with E-state index in [-0.39, 0.29) is 0 Å². The predicted molar refractivity (Wildman–Crippen MR) is 84.8 cm³/mol. The van der Waals surface area contributed by atoms with Crippen LogP contribution < -0.4 is 5.73 Å². The van der Waals surface area contributed by atoms with Gasteiger partial charge in [0, 0.05) is 17.6 Å². The Hall–Kier alpha value is -1.51. The van der Waals surface area contributed by atoms with Gasteiger partial charge in [-0.3, -0.25) is 0 Å². The van der Waals surface area contributed by atoms with Crippen LogP contribution in [0, 0.1) is 11.8 Å². The van der Waals surface area contributed by atoms with E-state index in [2.05, 4.69) is 38.3 Å². The van der Waals surface area contributed by atoms with E-state index in [0.29, 0.717) is 17.9 Å². The molecule has 3 atom stereocenters. The van der Waals surface area contributed by atoms with Crippen LogP contribution in [-0.2, 0) is 0 Å². The second kappa shape index (κ2) is 4.80. The maximum absolute atomic E-state index is 5.91. The van der Waals surface area contributed by atoms with Crippen molar-refractivity contribution in [3.05, 3.63) is 24.0 Å². The molecule has 0 spiro atoms. The number of fused-ring (bicyclic) bond motifs is 1. The van der Waals surface area contributed by atoms with Gasteiger partial charge in [-0.05, 0) is 42.9 Å². The van der Waals surface area contributed by atoms with Crippen molar-refractivity contribution < 1.29 is 0 Å². The normalized spacial score (nSPS) is 26.8. The Morgan fingerprint density at radius 2 is 2.00 bits per heavy atom. The van der Waals surface area contributed by atoms with Crippen LogP contribution >= 0.6 is 0 Å². The third-order valence-electron chi connectivity index (χ3n) is 5.01. The zero-order valence-electron chi connectivity index (χ0n) is 12.9. The molecule has 0 radical (unpaired) electrons. The Morgan fingerprint density at radius 3 is 2.60 bits per heavy atom. The van der Waals surface area contributed by atoms with Gasteiger partial charge in [-0.2, -0.15) is 0 Å². The minimum Gasteiger partial charge on any atom is -0.399 e. The Labute approximate surface area is 121 Å². The topological polar surface area (TPSA) is 43.8 Å². The molecule has 3 unspecified atom stereocenters. The zero-order valence-corrected chi connectivity index (χ0v) is 12.9. The molecule has 3 rings (SSSR count). The number of benzene rings is 1. The van der Waals surface area contributed by atoms with Gasteiger partial charge in [0.2, 0.25) is 0 Å². The average Bonchev–Trinajstić information content (AvgIpc) is 2.91. The number of nitrogens with two attached hydrogens (primary N) is 1. The number of aromatic nitrogens is 2. The van der Waals surface area contributed by atoms with Crippen molar-refractivity contribution in [2.24, 2.45) is 11.8 Å². The number of nitrogen functional groups attached to an aromatic ring is 1. The third-order valence-corrected chi connectivity index (χ3v) is 5.01. The molecule has 108 valence electrons. The molecule has 0 amide bonds. The van der Waals surface area contributed by atoms with Gasteiger partial charge in [-0.25, -0.2) is 4.98 Å². The average molecular weight is 271 g/mol. The van der Waals surface area contributed by atoms with Crippen molar-refractivity contribution in [3.63, 3.8) is 0 Å². The molecule has 2 aromatic rings. The smallest absolute Gasteiger partial charge is 0.112 e. The minimum absolute atomic E-state index is 0.437. The van der Waals surface area contributed by atoms with E-state index in [1.165, 1.54) is 24.2 Å². The monoisotopic (exact) mass is 271 g/mol. The van der Waals surface area contributed by atoms with Crippen LogP contribution in [0.1, 0.15) is 58.3 Å². The van der Waals surface area contributed by atoms with Gasteiger partial charge in [-0.1, -0.05) is 27.7 Å². The van der Waals surface area contributed by atoms with Crippen LogP contribution in [0.25, 0.3) is 11.0 Å². The Kier molecular flexibility index (Phi) is 3.23. The van der Waals surface area contributed by atoms with Crippen molar-refractivity contribution in [1.82, 2.24) is 9.55 Å². The molecule has 0 saturated heterocycles. The standard InChI is InChI=1S/C17H25N3/c1-10(2)17-19-14-9-13(18)6-8-16(14)20(17)15-7-5-11(3)12(15)4/h6,8-12,15H,5,7,18H2,1-4H3. The lowest BCUT2D eigenvalue weighted by Gasteiger charge is -2.24. The Balaban J connectivity index is 2.19. The van der Waals surface area contributed by atoms with Crippen LogP contribution in [0.15, 0.2) is 18.2 Å². The summed E-state index contributed by atoms with van der Waals surface area (Å²) in [5.74, 6) is 3.15. The molecule has 1 saturated carbocycles. The molecule has 0 bridgehead atoms. The molecule has 1 fully saturated rings. The molecule has 2 N–H and O–H groups in total. The molecule has 1 heterocycles. The summed E-state index contributed by atoms with van der Waals surface area (Å²) in [6.07, 6.45) is 2.58. The fraction of sp³-hybridized carbons (Fsp3) is 0.588. The summed E-state index contributed by atoms with van der Waals surface area (Å²) in [6.45, 7) is 9.21. The van der Waals surface area contributed by atoms with Crippen LogP contribution in [0.5, 0.6) is 0 Å². The molecule has 1 aromatic heterocycles. The summed E-state index contributed by atoms with van der Waals surface area (Å²) in [6, 6.07) is 6.71. The second-order valence-electron chi connectivity index (χ2n) is 6.72. The Morgan fingerprint density at radius 1 is 1.25 bits per heavy atom. The summed E-state index contributed by atoms with van der Waals surface area (Å²) in [5, 5.41) is 0. The Bertz CT molecular complexity index is 626. The minimum atomic E-state index is 0.437. The zero-order chi connectivity index (χ0) is 14.4. The van der Waals surface area contributed by atoms with Gasteiger partial charge in [0.1, 0.15) is 5.82 Å². The summed E-state index contributed by atoms with van der Waals surface area (Å²) in [4.78, 5) is 4.86. The maximum atomic E-state index is 5.91. The lowest BCUT2D eigenvalue weighted by molar-refractivity contribution is 0.349. The second-order valence-corrected chi connectivity index (χ2v) is 6.72. The van der Waals surface area contributed by atoms with E-state index in [9.17, 15) is 0 Å². The highest BCUT2D eigenvalue weighted by Crippen LogP contribution is 2.42. The molecule has 3 nitrogen and oxygen atoms in total. The molecular weight excluding hydrogens is 246 g/mol. The number of hydrogen-bond acceptors (Lipinski definition) is 2. The highest BCUT2D eigenvalue weighted by atomic mass is 15.1. The van der Waals surface area contributed by atoms with Crippen LogP contribution in [-0.4, -0.2) is 9.55 Å². The lowest BCUT2D eigenvalue weighted by Crippen LogP contribution is -2.17. The highest BCUT2D eigenvalue weighted by molar-refractivity contribution is 5.80. The van der Waals surface area contributed by atoms with E-state index in [0.717, 1.165) is 17.1 Å². The van der Waals surface area contributed by atoms with Gasteiger partial charge in [-0.15, -0.1) is 0 Å². The number of anilines is 1. The third kappa shape index (κ3) is 2.00. The first-order valence-electron chi connectivity index (χ1n) is 7.76. The lowest BCUT2D eigenvalue weighted by atomic mass is 9.97. The quantitative estimate of drug-likeness (QED) is 0.825. The predicted octanol–water partition coefficient (Wildman–Crippen LogP) is 4.35. The van der Waals surface area contributed by atoms with Crippen molar-refractivity contribution >= 4 is 16.7 Å². The number of rotatable bonds is 2. The van der Waals surface area contributed by atoms with E-state index in [4.69, 9.17) is 10.7 Å². The van der Waals surface area contributed by atoms with Crippen molar-refractivity contribution in [1.29, 1.82) is 0 Å². The molecule has 1 aliphatic rings. The maximum Gasteiger partial charge on any atom is 0.112 e. The van der Waals surface area contributed by atoms with Crippen LogP contribution in [0.3, 0.4) is 0 Å². The van der Waals surface area contributed by atoms with E-state index < -0.39 is 0 Å². The SMILES string of the molecule is CC(C)c1nc2cc(N)ccc2n1C1CCC(C)C1C. The molecule has 1 aliphatic carbocycles. The van der Waals surface area contributed by atoms with E-state index in [1.54, 1.807) is 0 Å². The highest BCUT2D eigenvalue weighted by Gasteiger charge is 2.33. The van der Waals surface area contributed by atoms with Gasteiger partial charge < -0.3 is 10.3 Å². The molecular formula is C17H25N3. The van der Waals surface area contributed by atoms with Crippen LogP contribution in [0.4, 0.5) is 5.69 Å². The van der Waals surface area contributed by atoms with E-state index >= 15 is 0 Å². The number of hydrogen-bond donors (Lipinski definition) is 1. The fourth-order valence-electron chi connectivity index (χ4n) is 3.59. The van der Waals surface area contributed by atoms with E-state index in [1.807, 2.05) is 12.1 Å². The molecule has 20 heavy (non-hydrogen) atoms. The molecule has 0 aliphatic heterocycles. The first kappa shape index (κ1) is 13.5. The van der Waals surface area contributed by atoms with Crippen molar-refractivity contribution in [3.8, 4) is 0 Å². The summed E-state index contributed by atoms with van der Waals surface area (Å²) in [5.41, 5.74) is 9.00. The van der Waals surface area contributed by atoms with Gasteiger partial charge in [0.05, 0.1) is 11.0 Å². The first-order chi connectivity index (χ1) is 9.49. The summed E-state index contributed by atoms with van der Waals surface area (Å²) >= 11 is 0. The summed E-state index contributed by atoms with van der Waals surface area (Å²) < 4.78 is 2.49. The number of imidazole rings is 1. The molecule has 1 aromatic carbocycles.